The maximum absolute atomic E-state index is 9.05. The molecule has 1 heterocycles. The third-order valence-corrected chi connectivity index (χ3v) is 4.51. The summed E-state index contributed by atoms with van der Waals surface area (Å²) in [5, 5.41) is 18.9. The van der Waals surface area contributed by atoms with Crippen LogP contribution < -0.4 is 16.8 Å². The van der Waals surface area contributed by atoms with Crippen LogP contribution in [-0.4, -0.2) is 22.7 Å². The van der Waals surface area contributed by atoms with Gasteiger partial charge in [-0.1, -0.05) is 12.1 Å². The second-order valence-electron chi connectivity index (χ2n) is 6.22. The zero-order chi connectivity index (χ0) is 17.6. The summed E-state index contributed by atoms with van der Waals surface area (Å²) in [7, 11) is 0. The van der Waals surface area contributed by atoms with Crippen molar-refractivity contribution >= 4 is 17.5 Å². The third kappa shape index (κ3) is 3.91. The fourth-order valence-corrected chi connectivity index (χ4v) is 3.23. The molecule has 1 aromatic heterocycles. The number of aromatic nitrogens is 2. The van der Waals surface area contributed by atoms with Crippen LogP contribution in [0.2, 0.25) is 0 Å². The van der Waals surface area contributed by atoms with Gasteiger partial charge in [-0.25, -0.2) is 0 Å². The SMILES string of the molecule is N#Cc1c(N)n[nH]c1CCCN=C(N)Nc1cccc2c1CCCC2. The number of hydrogen-bond donors (Lipinski definition) is 4. The average Bonchev–Trinajstić information content (AvgIpc) is 2.99. The highest BCUT2D eigenvalue weighted by atomic mass is 15.2. The minimum atomic E-state index is 0.246. The zero-order valence-electron chi connectivity index (χ0n) is 14.2. The minimum absolute atomic E-state index is 0.246. The Bertz CT molecular complexity index is 813. The van der Waals surface area contributed by atoms with E-state index in [0.29, 0.717) is 24.5 Å². The number of aromatic amines is 1. The van der Waals surface area contributed by atoms with Gasteiger partial charge in [-0.3, -0.25) is 10.1 Å². The molecule has 0 radical (unpaired) electrons. The number of nitriles is 1. The van der Waals surface area contributed by atoms with Gasteiger partial charge in [0.25, 0.3) is 0 Å². The molecule has 6 N–H and O–H groups in total. The van der Waals surface area contributed by atoms with E-state index >= 15 is 0 Å². The molecule has 0 bridgehead atoms. The van der Waals surface area contributed by atoms with Crippen molar-refractivity contribution in [2.45, 2.75) is 38.5 Å². The molecular weight excluding hydrogens is 314 g/mol. The van der Waals surface area contributed by atoms with Crippen molar-refractivity contribution in [1.29, 1.82) is 5.26 Å². The first kappa shape index (κ1) is 16.8. The largest absolute Gasteiger partial charge is 0.381 e. The number of rotatable bonds is 5. The molecule has 0 saturated carbocycles. The molecule has 1 aliphatic rings. The number of nitrogens with one attached hydrogen (secondary N) is 2. The quantitative estimate of drug-likeness (QED) is 0.377. The number of fused-ring (bicyclic) bond motifs is 1. The van der Waals surface area contributed by atoms with Crippen LogP contribution in [0.5, 0.6) is 0 Å². The smallest absolute Gasteiger partial charge is 0.193 e. The van der Waals surface area contributed by atoms with Gasteiger partial charge in [0.2, 0.25) is 0 Å². The summed E-state index contributed by atoms with van der Waals surface area (Å²) in [6.45, 7) is 0.567. The number of hydrogen-bond acceptors (Lipinski definition) is 4. The lowest BCUT2D eigenvalue weighted by atomic mass is 9.90. The van der Waals surface area contributed by atoms with Gasteiger partial charge in [-0.05, 0) is 55.7 Å². The number of nitrogen functional groups attached to an aromatic ring is 1. The summed E-state index contributed by atoms with van der Waals surface area (Å²) in [5.74, 6) is 0.666. The number of H-pyrrole nitrogens is 1. The van der Waals surface area contributed by atoms with Gasteiger partial charge in [0.1, 0.15) is 11.6 Å². The average molecular weight is 337 g/mol. The number of nitrogens with zero attached hydrogens (tertiary/aromatic N) is 3. The Kier molecular flexibility index (Phi) is 5.19. The Morgan fingerprint density at radius 2 is 2.20 bits per heavy atom. The number of nitrogens with two attached hydrogens (primary N) is 2. The van der Waals surface area contributed by atoms with Crippen LogP contribution in [0.25, 0.3) is 0 Å². The van der Waals surface area contributed by atoms with Gasteiger partial charge in [0, 0.05) is 12.2 Å². The number of guanidine groups is 1. The summed E-state index contributed by atoms with van der Waals surface area (Å²) in [5.41, 5.74) is 16.6. The summed E-state index contributed by atoms with van der Waals surface area (Å²) in [6.07, 6.45) is 6.11. The number of benzene rings is 1. The predicted molar refractivity (Wildman–Crippen MR) is 99.2 cm³/mol. The van der Waals surface area contributed by atoms with Gasteiger partial charge < -0.3 is 16.8 Å². The summed E-state index contributed by atoms with van der Waals surface area (Å²) in [4.78, 5) is 4.38. The van der Waals surface area contributed by atoms with E-state index in [1.165, 1.54) is 24.0 Å². The van der Waals surface area contributed by atoms with E-state index in [-0.39, 0.29) is 5.82 Å². The van der Waals surface area contributed by atoms with Crippen molar-refractivity contribution in [2.24, 2.45) is 10.7 Å². The van der Waals surface area contributed by atoms with Crippen molar-refractivity contribution in [3.8, 4) is 6.07 Å². The third-order valence-electron chi connectivity index (χ3n) is 4.51. The van der Waals surface area contributed by atoms with E-state index < -0.39 is 0 Å². The van der Waals surface area contributed by atoms with Gasteiger partial charge in [-0.15, -0.1) is 0 Å². The Balaban J connectivity index is 1.55. The van der Waals surface area contributed by atoms with Crippen LogP contribution in [-0.2, 0) is 19.3 Å². The summed E-state index contributed by atoms with van der Waals surface area (Å²) in [6, 6.07) is 8.37. The molecule has 1 aromatic carbocycles. The highest BCUT2D eigenvalue weighted by Gasteiger charge is 2.13. The second kappa shape index (κ2) is 7.71. The molecule has 0 saturated heterocycles. The number of anilines is 2. The lowest BCUT2D eigenvalue weighted by Crippen LogP contribution is -2.24. The molecule has 3 rings (SSSR count). The van der Waals surface area contributed by atoms with Crippen molar-refractivity contribution in [3.05, 3.63) is 40.6 Å². The van der Waals surface area contributed by atoms with Gasteiger partial charge in [0.15, 0.2) is 11.8 Å². The van der Waals surface area contributed by atoms with Crippen LogP contribution in [0.3, 0.4) is 0 Å². The lowest BCUT2D eigenvalue weighted by molar-refractivity contribution is 0.687. The van der Waals surface area contributed by atoms with E-state index in [1.54, 1.807) is 0 Å². The summed E-state index contributed by atoms with van der Waals surface area (Å²) < 4.78 is 0. The van der Waals surface area contributed by atoms with E-state index in [0.717, 1.165) is 30.6 Å². The predicted octanol–water partition coefficient (Wildman–Crippen LogP) is 2.10. The first-order valence-electron chi connectivity index (χ1n) is 8.59. The van der Waals surface area contributed by atoms with Crippen LogP contribution >= 0.6 is 0 Å². The Morgan fingerprint density at radius 3 is 3.04 bits per heavy atom. The fourth-order valence-electron chi connectivity index (χ4n) is 3.23. The molecule has 0 fully saturated rings. The van der Waals surface area contributed by atoms with Crippen molar-refractivity contribution in [2.75, 3.05) is 17.6 Å². The van der Waals surface area contributed by atoms with E-state index in [1.807, 2.05) is 0 Å². The van der Waals surface area contributed by atoms with E-state index in [2.05, 4.69) is 44.8 Å². The lowest BCUT2D eigenvalue weighted by Gasteiger charge is -2.19. The molecule has 25 heavy (non-hydrogen) atoms. The van der Waals surface area contributed by atoms with Crippen molar-refractivity contribution < 1.29 is 0 Å². The minimum Gasteiger partial charge on any atom is -0.381 e. The topological polar surface area (TPSA) is 129 Å². The van der Waals surface area contributed by atoms with Crippen LogP contribution in [0.1, 0.15) is 41.6 Å². The Labute approximate surface area is 147 Å². The first-order valence-corrected chi connectivity index (χ1v) is 8.59. The van der Waals surface area contributed by atoms with Crippen molar-refractivity contribution in [3.63, 3.8) is 0 Å². The van der Waals surface area contributed by atoms with E-state index in [9.17, 15) is 0 Å². The van der Waals surface area contributed by atoms with Crippen LogP contribution in [0.15, 0.2) is 23.2 Å². The van der Waals surface area contributed by atoms with E-state index in [4.69, 9.17) is 16.7 Å². The molecule has 2 aromatic rings. The standard InChI is InChI=1S/C18H23N7/c19-11-14-16(24-25-17(14)20)9-4-10-22-18(21)23-15-8-3-6-12-5-1-2-7-13(12)15/h3,6,8H,1-2,4-5,7,9-10H2,(H3,20,24,25)(H3,21,22,23). The monoisotopic (exact) mass is 337 g/mol. The molecule has 130 valence electrons. The molecule has 0 amide bonds. The number of aryl methyl sites for hydroxylation is 2. The van der Waals surface area contributed by atoms with Gasteiger partial charge >= 0.3 is 0 Å². The van der Waals surface area contributed by atoms with Gasteiger partial charge in [0.05, 0.1) is 5.69 Å². The number of aliphatic imine (C=N–C) groups is 1. The van der Waals surface area contributed by atoms with Crippen LogP contribution in [0.4, 0.5) is 11.5 Å². The zero-order valence-corrected chi connectivity index (χ0v) is 14.2. The maximum atomic E-state index is 9.05. The highest BCUT2D eigenvalue weighted by molar-refractivity contribution is 5.93. The molecule has 1 aliphatic carbocycles. The Hall–Kier alpha value is -3.01. The van der Waals surface area contributed by atoms with Crippen molar-refractivity contribution in [1.82, 2.24) is 10.2 Å². The molecule has 0 atom stereocenters. The fraction of sp³-hybridized carbons (Fsp3) is 0.389. The molecular formula is C18H23N7. The van der Waals surface area contributed by atoms with Crippen LogP contribution in [0, 0.1) is 11.3 Å². The molecule has 7 heteroatoms. The molecule has 0 aliphatic heterocycles. The first-order chi connectivity index (χ1) is 12.2. The molecule has 0 spiro atoms. The van der Waals surface area contributed by atoms with Gasteiger partial charge in [-0.2, -0.15) is 10.4 Å². The second-order valence-corrected chi connectivity index (χ2v) is 6.22. The maximum Gasteiger partial charge on any atom is 0.193 e. The normalized spacial score (nSPS) is 14.0. The molecule has 0 unspecified atom stereocenters. The Morgan fingerprint density at radius 1 is 1.36 bits per heavy atom. The highest BCUT2D eigenvalue weighted by Crippen LogP contribution is 2.27. The molecule has 7 nitrogen and oxygen atoms in total. The summed E-state index contributed by atoms with van der Waals surface area (Å²) >= 11 is 0.